The summed E-state index contributed by atoms with van der Waals surface area (Å²) in [5.74, 6) is -0.301. The van der Waals surface area contributed by atoms with E-state index >= 15 is 0 Å². The van der Waals surface area contributed by atoms with Crippen LogP contribution in [-0.4, -0.2) is 57.6 Å². The lowest BCUT2D eigenvalue weighted by atomic mass is 9.91. The quantitative estimate of drug-likeness (QED) is 0.338. The van der Waals surface area contributed by atoms with Gasteiger partial charge in [0.1, 0.15) is 11.9 Å². The van der Waals surface area contributed by atoms with E-state index < -0.39 is 12.0 Å². The second-order valence-electron chi connectivity index (χ2n) is 8.29. The third-order valence-electron chi connectivity index (χ3n) is 5.92. The molecule has 1 aliphatic heterocycles. The molecular formula is C21H31N5O4. The number of amides is 3. The van der Waals surface area contributed by atoms with Gasteiger partial charge in [0, 0.05) is 12.7 Å². The van der Waals surface area contributed by atoms with E-state index in [4.69, 9.17) is 0 Å². The molecule has 30 heavy (non-hydrogen) atoms. The van der Waals surface area contributed by atoms with Crippen LogP contribution in [0.15, 0.2) is 18.3 Å². The standard InChI is InChI=1S/C21H31N5O4/c1-15-8-9-19(22-12-15)24-20(28)18-7-4-10-23-26(18)21(29)17(13-25(30)14-27)11-16-5-2-3-6-16/h8-9,12,14,16-18,23,30H,2-7,10-11,13H2,1H3,(H,22,24,28)/t17-,18+/m1/s1. The summed E-state index contributed by atoms with van der Waals surface area (Å²) in [6, 6.07) is 2.91. The van der Waals surface area contributed by atoms with Gasteiger partial charge in [0.25, 0.3) is 0 Å². The summed E-state index contributed by atoms with van der Waals surface area (Å²) in [5.41, 5.74) is 4.04. The maximum atomic E-state index is 13.4. The molecular weight excluding hydrogens is 386 g/mol. The number of anilines is 1. The summed E-state index contributed by atoms with van der Waals surface area (Å²) >= 11 is 0. The molecule has 1 aliphatic carbocycles. The zero-order valence-corrected chi connectivity index (χ0v) is 17.4. The molecule has 1 saturated carbocycles. The average molecular weight is 418 g/mol. The average Bonchev–Trinajstić information content (AvgIpc) is 3.27. The van der Waals surface area contributed by atoms with Crippen LogP contribution in [0, 0.1) is 18.8 Å². The lowest BCUT2D eigenvalue weighted by molar-refractivity contribution is -0.161. The molecule has 2 aliphatic rings. The predicted octanol–water partition coefficient (Wildman–Crippen LogP) is 1.87. The molecule has 2 fully saturated rings. The monoisotopic (exact) mass is 417 g/mol. The normalized spacial score (nSPS) is 20.6. The minimum Gasteiger partial charge on any atom is -0.309 e. The highest BCUT2D eigenvalue weighted by Crippen LogP contribution is 2.31. The van der Waals surface area contributed by atoms with Crippen LogP contribution in [0.1, 0.15) is 50.5 Å². The van der Waals surface area contributed by atoms with E-state index in [9.17, 15) is 19.6 Å². The Labute approximate surface area is 176 Å². The van der Waals surface area contributed by atoms with Crippen LogP contribution in [0.2, 0.25) is 0 Å². The van der Waals surface area contributed by atoms with E-state index in [0.29, 0.717) is 42.6 Å². The van der Waals surface area contributed by atoms with Crippen molar-refractivity contribution in [3.63, 3.8) is 0 Å². The first kappa shape index (κ1) is 22.2. The Bertz CT molecular complexity index is 735. The van der Waals surface area contributed by atoms with Crippen LogP contribution >= 0.6 is 0 Å². The number of hydroxylamine groups is 2. The van der Waals surface area contributed by atoms with E-state index in [2.05, 4.69) is 15.7 Å². The molecule has 1 saturated heterocycles. The highest BCUT2D eigenvalue weighted by atomic mass is 16.5. The van der Waals surface area contributed by atoms with Gasteiger partial charge in [0.15, 0.2) is 0 Å². The minimum atomic E-state index is -0.677. The zero-order valence-electron chi connectivity index (χ0n) is 17.4. The SMILES string of the molecule is Cc1ccc(NC(=O)[C@@H]2CCCNN2C(=O)[C@H](CC2CCCC2)CN(O)C=O)nc1. The first-order valence-corrected chi connectivity index (χ1v) is 10.7. The first-order valence-electron chi connectivity index (χ1n) is 10.7. The summed E-state index contributed by atoms with van der Waals surface area (Å²) in [5, 5.41) is 14.4. The van der Waals surface area contributed by atoms with Crippen LogP contribution in [0.5, 0.6) is 0 Å². The van der Waals surface area contributed by atoms with E-state index in [-0.39, 0.29) is 18.4 Å². The highest BCUT2D eigenvalue weighted by molar-refractivity contribution is 5.96. The molecule has 0 radical (unpaired) electrons. The lowest BCUT2D eigenvalue weighted by Gasteiger charge is -2.37. The molecule has 1 aromatic rings. The van der Waals surface area contributed by atoms with Crippen molar-refractivity contribution in [3.05, 3.63) is 23.9 Å². The molecule has 0 spiro atoms. The molecule has 1 aromatic heterocycles. The van der Waals surface area contributed by atoms with Gasteiger partial charge in [0.05, 0.1) is 12.5 Å². The van der Waals surface area contributed by atoms with Crippen molar-refractivity contribution in [1.82, 2.24) is 20.5 Å². The zero-order chi connectivity index (χ0) is 21.5. The maximum absolute atomic E-state index is 13.4. The fourth-order valence-corrected chi connectivity index (χ4v) is 4.33. The second kappa shape index (κ2) is 10.5. The number of pyridine rings is 1. The van der Waals surface area contributed by atoms with Crippen molar-refractivity contribution >= 4 is 24.0 Å². The summed E-state index contributed by atoms with van der Waals surface area (Å²) in [7, 11) is 0. The van der Waals surface area contributed by atoms with Crippen molar-refractivity contribution in [2.24, 2.45) is 11.8 Å². The number of carbonyl (C=O) groups is 3. The van der Waals surface area contributed by atoms with Gasteiger partial charge >= 0.3 is 0 Å². The van der Waals surface area contributed by atoms with Crippen LogP contribution in [0.25, 0.3) is 0 Å². The van der Waals surface area contributed by atoms with Gasteiger partial charge in [-0.3, -0.25) is 24.6 Å². The van der Waals surface area contributed by atoms with E-state index in [0.717, 1.165) is 37.7 Å². The molecule has 2 atom stereocenters. The number of hydrogen-bond acceptors (Lipinski definition) is 6. The van der Waals surface area contributed by atoms with Crippen LogP contribution in [-0.2, 0) is 14.4 Å². The minimum absolute atomic E-state index is 0.0785. The Morgan fingerprint density at radius 2 is 2.10 bits per heavy atom. The number of rotatable bonds is 8. The highest BCUT2D eigenvalue weighted by Gasteiger charge is 2.37. The molecule has 0 bridgehead atoms. The van der Waals surface area contributed by atoms with Gasteiger partial charge in [-0.1, -0.05) is 31.7 Å². The summed E-state index contributed by atoms with van der Waals surface area (Å²) in [4.78, 5) is 41.4. The summed E-state index contributed by atoms with van der Waals surface area (Å²) in [6.07, 6.45) is 8.24. The van der Waals surface area contributed by atoms with E-state index in [1.54, 1.807) is 12.3 Å². The van der Waals surface area contributed by atoms with Gasteiger partial charge in [-0.25, -0.2) is 15.5 Å². The van der Waals surface area contributed by atoms with Gasteiger partial charge in [-0.15, -0.1) is 0 Å². The maximum Gasteiger partial charge on any atom is 0.249 e. The van der Waals surface area contributed by atoms with E-state index in [1.165, 1.54) is 5.01 Å². The van der Waals surface area contributed by atoms with Gasteiger partial charge in [-0.2, -0.15) is 0 Å². The van der Waals surface area contributed by atoms with Crippen LogP contribution in [0.4, 0.5) is 5.82 Å². The Hall–Kier alpha value is -2.52. The number of aryl methyl sites for hydroxylation is 1. The van der Waals surface area contributed by atoms with Crippen LogP contribution in [0.3, 0.4) is 0 Å². The molecule has 9 heteroatoms. The van der Waals surface area contributed by atoms with Crippen molar-refractivity contribution in [1.29, 1.82) is 0 Å². The number of aromatic nitrogens is 1. The van der Waals surface area contributed by atoms with Crippen molar-refractivity contribution in [2.75, 3.05) is 18.4 Å². The predicted molar refractivity (Wildman–Crippen MR) is 110 cm³/mol. The molecule has 0 aromatic carbocycles. The van der Waals surface area contributed by atoms with Gasteiger partial charge < -0.3 is 5.32 Å². The Balaban J connectivity index is 1.72. The van der Waals surface area contributed by atoms with Gasteiger partial charge in [0.2, 0.25) is 18.2 Å². The largest absolute Gasteiger partial charge is 0.309 e. The topological polar surface area (TPSA) is 115 Å². The number of nitrogens with zero attached hydrogens (tertiary/aromatic N) is 3. The number of nitrogens with one attached hydrogen (secondary N) is 2. The second-order valence-corrected chi connectivity index (χ2v) is 8.29. The molecule has 0 unspecified atom stereocenters. The van der Waals surface area contributed by atoms with Crippen LogP contribution < -0.4 is 10.7 Å². The fraction of sp³-hybridized carbons (Fsp3) is 0.619. The number of carbonyl (C=O) groups excluding carboxylic acids is 3. The molecule has 3 rings (SSSR count). The Morgan fingerprint density at radius 3 is 2.77 bits per heavy atom. The fourth-order valence-electron chi connectivity index (χ4n) is 4.33. The Morgan fingerprint density at radius 1 is 1.33 bits per heavy atom. The molecule has 2 heterocycles. The Kier molecular flexibility index (Phi) is 7.75. The smallest absolute Gasteiger partial charge is 0.249 e. The third kappa shape index (κ3) is 5.76. The van der Waals surface area contributed by atoms with E-state index in [1.807, 2.05) is 13.0 Å². The molecule has 164 valence electrons. The molecule has 3 amide bonds. The summed E-state index contributed by atoms with van der Waals surface area (Å²) < 4.78 is 0. The van der Waals surface area contributed by atoms with Crippen molar-refractivity contribution in [2.45, 2.75) is 57.9 Å². The number of hydrazine groups is 1. The first-order chi connectivity index (χ1) is 14.5. The number of hydrogen-bond donors (Lipinski definition) is 3. The third-order valence-corrected chi connectivity index (χ3v) is 5.92. The molecule has 3 N–H and O–H groups in total. The van der Waals surface area contributed by atoms with Gasteiger partial charge in [-0.05, 0) is 43.7 Å². The summed E-state index contributed by atoms with van der Waals surface area (Å²) in [6.45, 7) is 2.42. The molecule has 9 nitrogen and oxygen atoms in total. The van der Waals surface area contributed by atoms with Crippen molar-refractivity contribution < 1.29 is 19.6 Å². The lowest BCUT2D eigenvalue weighted by Crippen LogP contribution is -2.59. The van der Waals surface area contributed by atoms with Crippen molar-refractivity contribution in [3.8, 4) is 0 Å².